The maximum absolute atomic E-state index is 15.6. The van der Waals surface area contributed by atoms with Crippen LogP contribution in [0.4, 0.5) is 8.78 Å². The number of oxazole rings is 1. The van der Waals surface area contributed by atoms with Crippen LogP contribution in [0.2, 0.25) is 0 Å². The standard InChI is InChI=1S/C27H32F2N2O4S/c1-5-27(6-2,25-18(4)30-26(32)35-25)21-15-22(28)20(14-23(21)29)16-31-17(3)12-13-24(36(31,33)34)19-10-8-7-9-11-19/h7-11,14-15,17,24H,5-6,12-13,16H2,1-4H3,(H,30,32)/t17-,24+/m0/s1. The van der Waals surface area contributed by atoms with Gasteiger partial charge in [0.25, 0.3) is 0 Å². The smallest absolute Gasteiger partial charge is 0.412 e. The van der Waals surface area contributed by atoms with E-state index < -0.39 is 38.1 Å². The Kier molecular flexibility index (Phi) is 7.26. The molecular formula is C27H32F2N2O4S. The third kappa shape index (κ3) is 4.43. The van der Waals surface area contributed by atoms with Crippen molar-refractivity contribution in [3.8, 4) is 0 Å². The number of aromatic nitrogens is 1. The molecule has 0 radical (unpaired) electrons. The van der Waals surface area contributed by atoms with Gasteiger partial charge in [-0.2, -0.15) is 4.31 Å². The molecule has 0 amide bonds. The van der Waals surface area contributed by atoms with Crippen molar-refractivity contribution < 1.29 is 21.6 Å². The molecule has 4 rings (SSSR count). The first-order valence-corrected chi connectivity index (χ1v) is 13.8. The molecule has 6 nitrogen and oxygen atoms in total. The van der Waals surface area contributed by atoms with E-state index in [4.69, 9.17) is 4.42 Å². The zero-order chi connectivity index (χ0) is 26.3. The van der Waals surface area contributed by atoms with Gasteiger partial charge in [0.05, 0.1) is 11.1 Å². The lowest BCUT2D eigenvalue weighted by molar-refractivity contribution is 0.278. The van der Waals surface area contributed by atoms with Crippen LogP contribution in [0.1, 0.15) is 79.8 Å². The maximum Gasteiger partial charge on any atom is 0.416 e. The molecule has 1 saturated heterocycles. The van der Waals surface area contributed by atoms with Crippen LogP contribution in [-0.4, -0.2) is 23.7 Å². The van der Waals surface area contributed by atoms with Gasteiger partial charge in [0, 0.05) is 23.7 Å². The third-order valence-corrected chi connectivity index (χ3v) is 10.0. The number of sulfonamides is 1. The highest BCUT2D eigenvalue weighted by molar-refractivity contribution is 7.89. The molecule has 3 aromatic rings. The van der Waals surface area contributed by atoms with Gasteiger partial charge in [-0.05, 0) is 57.2 Å². The molecule has 1 aliphatic rings. The van der Waals surface area contributed by atoms with Gasteiger partial charge in [-0.15, -0.1) is 0 Å². The number of rotatable bonds is 7. The zero-order valence-electron chi connectivity index (χ0n) is 21.0. The van der Waals surface area contributed by atoms with Gasteiger partial charge in [-0.25, -0.2) is 22.0 Å². The number of halogens is 2. The number of aryl methyl sites for hydroxylation is 1. The molecule has 0 bridgehead atoms. The predicted molar refractivity (Wildman–Crippen MR) is 134 cm³/mol. The fourth-order valence-corrected chi connectivity index (χ4v) is 7.72. The lowest BCUT2D eigenvalue weighted by Gasteiger charge is -2.37. The van der Waals surface area contributed by atoms with E-state index in [-0.39, 0.29) is 29.5 Å². The largest absolute Gasteiger partial charge is 0.416 e. The highest BCUT2D eigenvalue weighted by atomic mass is 32.2. The Morgan fingerprint density at radius 3 is 2.33 bits per heavy atom. The van der Waals surface area contributed by atoms with Crippen LogP contribution in [-0.2, 0) is 22.0 Å². The second-order valence-corrected chi connectivity index (χ2v) is 11.7. The summed E-state index contributed by atoms with van der Waals surface area (Å²) in [5, 5.41) is -0.727. The van der Waals surface area contributed by atoms with Crippen LogP contribution in [0.15, 0.2) is 51.7 Å². The molecule has 36 heavy (non-hydrogen) atoms. The number of nitrogens with zero attached hydrogens (tertiary/aromatic N) is 1. The Hall–Kier alpha value is -2.78. The normalized spacial score (nSPS) is 20.5. The van der Waals surface area contributed by atoms with Gasteiger partial charge in [0.15, 0.2) is 0 Å². The van der Waals surface area contributed by atoms with Crippen LogP contribution >= 0.6 is 0 Å². The minimum atomic E-state index is -3.80. The molecule has 2 atom stereocenters. The number of aromatic amines is 1. The molecule has 2 aromatic carbocycles. The van der Waals surface area contributed by atoms with Crippen molar-refractivity contribution >= 4 is 10.0 Å². The average molecular weight is 519 g/mol. The van der Waals surface area contributed by atoms with Crippen LogP contribution in [0.25, 0.3) is 0 Å². The van der Waals surface area contributed by atoms with E-state index in [0.717, 1.165) is 12.1 Å². The maximum atomic E-state index is 15.6. The fraction of sp³-hybridized carbons (Fsp3) is 0.444. The van der Waals surface area contributed by atoms with E-state index in [1.807, 2.05) is 19.9 Å². The summed E-state index contributed by atoms with van der Waals surface area (Å²) in [5.41, 5.74) is 0.156. The molecular weight excluding hydrogens is 486 g/mol. The van der Waals surface area contributed by atoms with Crippen LogP contribution in [0.3, 0.4) is 0 Å². The molecule has 1 aliphatic heterocycles. The molecule has 0 aliphatic carbocycles. The molecule has 0 spiro atoms. The number of hydrogen-bond acceptors (Lipinski definition) is 4. The van der Waals surface area contributed by atoms with Gasteiger partial charge in [0.1, 0.15) is 22.6 Å². The SMILES string of the molecule is CCC(CC)(c1cc(F)c(CN2[C@@H](C)CC[C@H](c3ccccc3)S2(=O)=O)cc1F)c1oc(=O)[nH]c1C. The minimum absolute atomic E-state index is 0.0336. The number of nitrogens with one attached hydrogen (secondary N) is 1. The van der Waals surface area contributed by atoms with Gasteiger partial charge in [0.2, 0.25) is 10.0 Å². The van der Waals surface area contributed by atoms with Crippen molar-refractivity contribution in [2.45, 2.75) is 76.6 Å². The summed E-state index contributed by atoms with van der Waals surface area (Å²) < 4.78 is 64.9. The van der Waals surface area contributed by atoms with Crippen LogP contribution < -0.4 is 5.76 Å². The Labute approximate surface area is 210 Å². The molecule has 2 heterocycles. The third-order valence-electron chi connectivity index (χ3n) is 7.64. The summed E-state index contributed by atoms with van der Waals surface area (Å²) in [6.45, 7) is 6.84. The molecule has 0 saturated carbocycles. The Balaban J connectivity index is 1.73. The molecule has 194 valence electrons. The summed E-state index contributed by atoms with van der Waals surface area (Å²) in [7, 11) is -3.80. The lowest BCUT2D eigenvalue weighted by Crippen LogP contribution is -2.45. The van der Waals surface area contributed by atoms with E-state index in [0.29, 0.717) is 36.9 Å². The van der Waals surface area contributed by atoms with E-state index in [9.17, 15) is 13.2 Å². The molecule has 1 aromatic heterocycles. The fourth-order valence-electron chi connectivity index (χ4n) is 5.53. The monoisotopic (exact) mass is 518 g/mol. The summed E-state index contributed by atoms with van der Waals surface area (Å²) in [6.07, 6.45) is 1.83. The van der Waals surface area contributed by atoms with Gasteiger partial charge >= 0.3 is 5.76 Å². The van der Waals surface area contributed by atoms with Crippen LogP contribution in [0.5, 0.6) is 0 Å². The average Bonchev–Trinajstić information content (AvgIpc) is 3.19. The number of benzene rings is 2. The van der Waals surface area contributed by atoms with Crippen molar-refractivity contribution in [2.75, 3.05) is 0 Å². The summed E-state index contributed by atoms with van der Waals surface area (Å²) in [6, 6.07) is 10.8. The van der Waals surface area contributed by atoms with Crippen molar-refractivity contribution in [3.05, 3.63) is 92.8 Å². The van der Waals surface area contributed by atoms with Gasteiger partial charge < -0.3 is 4.42 Å². The topological polar surface area (TPSA) is 83.4 Å². The first kappa shape index (κ1) is 26.3. The van der Waals surface area contributed by atoms with E-state index in [1.54, 1.807) is 38.1 Å². The molecule has 1 N–H and O–H groups in total. The van der Waals surface area contributed by atoms with E-state index >= 15 is 8.78 Å². The second kappa shape index (κ2) is 9.94. The zero-order valence-corrected chi connectivity index (χ0v) is 21.8. The summed E-state index contributed by atoms with van der Waals surface area (Å²) in [4.78, 5) is 14.4. The van der Waals surface area contributed by atoms with Crippen molar-refractivity contribution in [1.82, 2.24) is 9.29 Å². The predicted octanol–water partition coefficient (Wildman–Crippen LogP) is 5.72. The van der Waals surface area contributed by atoms with Crippen LogP contribution in [0, 0.1) is 18.6 Å². The highest BCUT2D eigenvalue weighted by Crippen LogP contribution is 2.42. The summed E-state index contributed by atoms with van der Waals surface area (Å²) in [5.74, 6) is -1.73. The lowest BCUT2D eigenvalue weighted by atomic mass is 9.72. The molecule has 0 unspecified atom stereocenters. The Morgan fingerprint density at radius 2 is 1.75 bits per heavy atom. The van der Waals surface area contributed by atoms with Gasteiger partial charge in [-0.1, -0.05) is 44.2 Å². The van der Waals surface area contributed by atoms with Gasteiger partial charge in [-0.3, -0.25) is 4.98 Å². The Bertz CT molecular complexity index is 1390. The number of hydrogen-bond donors (Lipinski definition) is 1. The van der Waals surface area contributed by atoms with Crippen molar-refractivity contribution in [3.63, 3.8) is 0 Å². The second-order valence-electron chi connectivity index (χ2n) is 9.60. The van der Waals surface area contributed by atoms with E-state index in [2.05, 4.69) is 4.98 Å². The number of H-pyrrole nitrogens is 1. The molecule has 9 heteroatoms. The first-order valence-electron chi connectivity index (χ1n) is 12.3. The highest BCUT2D eigenvalue weighted by Gasteiger charge is 2.42. The van der Waals surface area contributed by atoms with Crippen molar-refractivity contribution in [1.29, 1.82) is 0 Å². The first-order chi connectivity index (χ1) is 17.0. The summed E-state index contributed by atoms with van der Waals surface area (Å²) >= 11 is 0. The van der Waals surface area contributed by atoms with E-state index in [1.165, 1.54) is 4.31 Å². The quantitative estimate of drug-likeness (QED) is 0.434. The van der Waals surface area contributed by atoms with Crippen molar-refractivity contribution in [2.24, 2.45) is 0 Å². The Morgan fingerprint density at radius 1 is 1.08 bits per heavy atom. The molecule has 1 fully saturated rings. The minimum Gasteiger partial charge on any atom is -0.412 e.